The van der Waals surface area contributed by atoms with Crippen molar-refractivity contribution in [2.45, 2.75) is 44.3 Å². The zero-order chi connectivity index (χ0) is 19.7. The molecule has 1 aromatic carbocycles. The molecule has 0 aromatic heterocycles. The van der Waals surface area contributed by atoms with E-state index in [1.807, 2.05) is 0 Å². The van der Waals surface area contributed by atoms with Crippen molar-refractivity contribution in [1.29, 1.82) is 5.26 Å². The van der Waals surface area contributed by atoms with Crippen molar-refractivity contribution < 1.29 is 27.8 Å². The lowest BCUT2D eigenvalue weighted by Gasteiger charge is -2.31. The fraction of sp³-hybridized carbons (Fsp3) is 0.421. The van der Waals surface area contributed by atoms with Gasteiger partial charge in [-0.1, -0.05) is 31.4 Å². The number of nitrogens with one attached hydrogen (secondary N) is 1. The lowest BCUT2D eigenvalue weighted by Crippen LogP contribution is -2.49. The predicted molar refractivity (Wildman–Crippen MR) is 92.6 cm³/mol. The van der Waals surface area contributed by atoms with Crippen LogP contribution in [0.4, 0.5) is 8.78 Å². The summed E-state index contributed by atoms with van der Waals surface area (Å²) in [5.74, 6) is -1.24. The van der Waals surface area contributed by atoms with Gasteiger partial charge in [0.25, 0.3) is 5.91 Å². The van der Waals surface area contributed by atoms with Crippen molar-refractivity contribution in [1.82, 2.24) is 5.32 Å². The molecule has 1 fully saturated rings. The number of carbonyl (C=O) groups excluding carboxylic acids is 2. The van der Waals surface area contributed by atoms with Crippen LogP contribution in [0.3, 0.4) is 0 Å². The first-order valence-electron chi connectivity index (χ1n) is 8.54. The molecular weight excluding hydrogens is 358 g/mol. The molecule has 0 spiro atoms. The van der Waals surface area contributed by atoms with Crippen LogP contribution in [0.25, 0.3) is 6.08 Å². The highest BCUT2D eigenvalue weighted by Crippen LogP contribution is 2.27. The average Bonchev–Trinajstić information content (AvgIpc) is 2.66. The molecule has 0 saturated heterocycles. The van der Waals surface area contributed by atoms with Gasteiger partial charge in [-0.15, -0.1) is 0 Å². The van der Waals surface area contributed by atoms with Crippen molar-refractivity contribution >= 4 is 18.0 Å². The minimum atomic E-state index is -2.90. The third-order valence-corrected chi connectivity index (χ3v) is 4.16. The van der Waals surface area contributed by atoms with Crippen molar-refractivity contribution in [2.24, 2.45) is 0 Å². The van der Waals surface area contributed by atoms with E-state index in [0.717, 1.165) is 25.3 Å². The second-order valence-corrected chi connectivity index (χ2v) is 6.19. The molecule has 1 aliphatic carbocycles. The van der Waals surface area contributed by atoms with Crippen molar-refractivity contribution in [3.05, 3.63) is 35.9 Å². The van der Waals surface area contributed by atoms with E-state index in [9.17, 15) is 23.6 Å². The number of hydrogen-bond acceptors (Lipinski definition) is 5. The number of nitriles is 1. The number of hydrogen-bond donors (Lipinski definition) is 1. The van der Waals surface area contributed by atoms with E-state index in [4.69, 9.17) is 4.74 Å². The van der Waals surface area contributed by atoms with E-state index in [1.54, 1.807) is 0 Å². The van der Waals surface area contributed by atoms with Gasteiger partial charge in [0.2, 0.25) is 0 Å². The van der Waals surface area contributed by atoms with Gasteiger partial charge in [-0.2, -0.15) is 14.0 Å². The van der Waals surface area contributed by atoms with Crippen LogP contribution < -0.4 is 10.1 Å². The monoisotopic (exact) mass is 378 g/mol. The quantitative estimate of drug-likeness (QED) is 0.581. The largest absolute Gasteiger partial charge is 0.452 e. The summed E-state index contributed by atoms with van der Waals surface area (Å²) in [6.45, 7) is -3.38. The fourth-order valence-electron chi connectivity index (χ4n) is 2.83. The Bertz CT molecular complexity index is 720. The number of halogens is 2. The van der Waals surface area contributed by atoms with Gasteiger partial charge >= 0.3 is 12.6 Å². The lowest BCUT2D eigenvalue weighted by molar-refractivity contribution is -0.144. The summed E-state index contributed by atoms with van der Waals surface area (Å²) in [4.78, 5) is 23.6. The maximum absolute atomic E-state index is 12.1. The van der Waals surface area contributed by atoms with Gasteiger partial charge in [-0.3, -0.25) is 4.79 Å². The van der Waals surface area contributed by atoms with E-state index in [2.05, 4.69) is 16.1 Å². The maximum atomic E-state index is 12.1. The number of ether oxygens (including phenoxy) is 2. The van der Waals surface area contributed by atoms with E-state index >= 15 is 0 Å². The minimum absolute atomic E-state index is 0.00975. The Hall–Kier alpha value is -2.95. The molecule has 1 amide bonds. The lowest BCUT2D eigenvalue weighted by atomic mass is 9.83. The van der Waals surface area contributed by atoms with Crippen LogP contribution in [0.5, 0.6) is 5.75 Å². The molecule has 0 atom stereocenters. The van der Waals surface area contributed by atoms with E-state index < -0.39 is 30.6 Å². The normalized spacial score (nSPS) is 15.9. The molecule has 0 heterocycles. The molecule has 0 bridgehead atoms. The maximum Gasteiger partial charge on any atom is 0.387 e. The molecule has 8 heteroatoms. The molecule has 0 unspecified atom stereocenters. The summed E-state index contributed by atoms with van der Waals surface area (Å²) in [5.41, 5.74) is -0.303. The molecule has 1 N–H and O–H groups in total. The van der Waals surface area contributed by atoms with Crippen LogP contribution in [-0.4, -0.2) is 30.6 Å². The van der Waals surface area contributed by atoms with Crippen LogP contribution in [0.2, 0.25) is 0 Å². The third kappa shape index (κ3) is 6.70. The van der Waals surface area contributed by atoms with Gasteiger partial charge < -0.3 is 14.8 Å². The van der Waals surface area contributed by atoms with Gasteiger partial charge in [0.1, 0.15) is 11.3 Å². The number of esters is 1. The Balaban J connectivity index is 1.79. The highest BCUT2D eigenvalue weighted by molar-refractivity contribution is 5.89. The SMILES string of the molecule is N#CC1(NC(=O)COC(=O)/C=C/c2ccc(OC(F)F)cc2)CCCCC1. The Morgan fingerprint density at radius 1 is 1.22 bits per heavy atom. The summed E-state index contributed by atoms with van der Waals surface area (Å²) in [6, 6.07) is 7.83. The molecule has 2 rings (SSSR count). The van der Waals surface area contributed by atoms with Crippen LogP contribution in [0.15, 0.2) is 30.3 Å². The van der Waals surface area contributed by atoms with E-state index in [0.29, 0.717) is 18.4 Å². The summed E-state index contributed by atoms with van der Waals surface area (Å²) < 4.78 is 33.2. The van der Waals surface area contributed by atoms with Crippen LogP contribution >= 0.6 is 0 Å². The Morgan fingerprint density at radius 3 is 2.48 bits per heavy atom. The highest BCUT2D eigenvalue weighted by atomic mass is 19.3. The number of rotatable bonds is 7. The summed E-state index contributed by atoms with van der Waals surface area (Å²) in [7, 11) is 0. The van der Waals surface area contributed by atoms with Crippen LogP contribution in [0, 0.1) is 11.3 Å². The van der Waals surface area contributed by atoms with Crippen LogP contribution in [-0.2, 0) is 14.3 Å². The smallest absolute Gasteiger partial charge is 0.387 e. The molecule has 27 heavy (non-hydrogen) atoms. The molecule has 0 aliphatic heterocycles. The van der Waals surface area contributed by atoms with Crippen molar-refractivity contribution in [3.63, 3.8) is 0 Å². The number of alkyl halides is 2. The van der Waals surface area contributed by atoms with Gasteiger partial charge in [0, 0.05) is 6.08 Å². The summed E-state index contributed by atoms with van der Waals surface area (Å²) in [5, 5.41) is 12.0. The third-order valence-electron chi connectivity index (χ3n) is 4.16. The molecule has 1 aliphatic rings. The topological polar surface area (TPSA) is 88.4 Å². The Labute approximate surface area is 155 Å². The number of amides is 1. The molecule has 144 valence electrons. The van der Waals surface area contributed by atoms with Gasteiger partial charge in [-0.05, 0) is 36.6 Å². The second-order valence-electron chi connectivity index (χ2n) is 6.19. The van der Waals surface area contributed by atoms with Crippen LogP contribution in [0.1, 0.15) is 37.7 Å². The van der Waals surface area contributed by atoms with Gasteiger partial charge in [0.15, 0.2) is 6.61 Å². The van der Waals surface area contributed by atoms with Gasteiger partial charge in [-0.25, -0.2) is 4.79 Å². The first-order valence-corrected chi connectivity index (χ1v) is 8.54. The number of benzene rings is 1. The average molecular weight is 378 g/mol. The number of carbonyl (C=O) groups is 2. The minimum Gasteiger partial charge on any atom is -0.452 e. The second kappa shape index (κ2) is 9.67. The zero-order valence-electron chi connectivity index (χ0n) is 14.6. The molecular formula is C19H20F2N2O4. The van der Waals surface area contributed by atoms with Gasteiger partial charge in [0.05, 0.1) is 6.07 Å². The summed E-state index contributed by atoms with van der Waals surface area (Å²) in [6.07, 6.45) is 6.51. The Kier molecular flexibility index (Phi) is 7.29. The van der Waals surface area contributed by atoms with Crippen molar-refractivity contribution in [2.75, 3.05) is 6.61 Å². The van der Waals surface area contributed by atoms with Crippen molar-refractivity contribution in [3.8, 4) is 11.8 Å². The number of nitrogens with zero attached hydrogens (tertiary/aromatic N) is 1. The predicted octanol–water partition coefficient (Wildman–Crippen LogP) is 3.19. The van der Waals surface area contributed by atoms with E-state index in [-0.39, 0.29) is 5.75 Å². The molecule has 1 saturated carbocycles. The first kappa shape index (κ1) is 20.4. The molecule has 6 nitrogen and oxygen atoms in total. The standard InChI is InChI=1S/C19H20F2N2O4/c20-18(21)27-15-7-4-14(5-8-15)6-9-17(25)26-12-16(24)23-19(13-22)10-2-1-3-11-19/h4-9,18H,1-3,10-12H2,(H,23,24)/b9-6+. The fourth-order valence-corrected chi connectivity index (χ4v) is 2.83. The van der Waals surface area contributed by atoms with E-state index in [1.165, 1.54) is 30.3 Å². The Morgan fingerprint density at radius 2 is 1.89 bits per heavy atom. The summed E-state index contributed by atoms with van der Waals surface area (Å²) >= 11 is 0. The zero-order valence-corrected chi connectivity index (χ0v) is 14.6. The molecule has 0 radical (unpaired) electrons. The highest BCUT2D eigenvalue weighted by Gasteiger charge is 2.33. The first-order chi connectivity index (χ1) is 12.9. The molecule has 1 aromatic rings.